The van der Waals surface area contributed by atoms with Crippen LogP contribution >= 0.6 is 0 Å². The van der Waals surface area contributed by atoms with Gasteiger partial charge >= 0.3 is 10.2 Å². The molecule has 0 radical (unpaired) electrons. The van der Waals surface area contributed by atoms with Crippen LogP contribution in [0.5, 0.6) is 0 Å². The SMILES string of the molecule is CNCCCN(C)S(=O)(=O)Nc1ccn(C)n1. The predicted molar refractivity (Wildman–Crippen MR) is 66.9 cm³/mol. The van der Waals surface area contributed by atoms with Gasteiger partial charge in [-0.25, -0.2) is 0 Å². The van der Waals surface area contributed by atoms with Crippen molar-refractivity contribution in [2.75, 3.05) is 31.9 Å². The van der Waals surface area contributed by atoms with Crippen LogP contribution in [-0.4, -0.2) is 49.7 Å². The molecule has 0 fully saturated rings. The number of aromatic nitrogens is 2. The van der Waals surface area contributed by atoms with Gasteiger partial charge in [-0.15, -0.1) is 0 Å². The highest BCUT2D eigenvalue weighted by atomic mass is 32.2. The number of rotatable bonds is 7. The maximum absolute atomic E-state index is 11.8. The number of hydrogen-bond donors (Lipinski definition) is 2. The Balaban J connectivity index is 2.55. The van der Waals surface area contributed by atoms with Crippen LogP contribution in [0.3, 0.4) is 0 Å². The van der Waals surface area contributed by atoms with Crippen molar-refractivity contribution in [2.24, 2.45) is 7.05 Å². The van der Waals surface area contributed by atoms with Crippen LogP contribution in [0.2, 0.25) is 0 Å². The smallest absolute Gasteiger partial charge is 0.302 e. The Labute approximate surface area is 102 Å². The normalized spacial score (nSPS) is 12.0. The van der Waals surface area contributed by atoms with Crippen LogP contribution in [0.4, 0.5) is 5.82 Å². The maximum Gasteiger partial charge on any atom is 0.302 e. The molecule has 1 heterocycles. The number of anilines is 1. The van der Waals surface area contributed by atoms with E-state index in [2.05, 4.69) is 15.1 Å². The van der Waals surface area contributed by atoms with Crippen molar-refractivity contribution in [3.05, 3.63) is 12.3 Å². The summed E-state index contributed by atoms with van der Waals surface area (Å²) < 4.78 is 28.9. The van der Waals surface area contributed by atoms with Gasteiger partial charge in [0.15, 0.2) is 5.82 Å². The predicted octanol–water partition coefficient (Wildman–Crippen LogP) is -0.382. The molecule has 98 valence electrons. The van der Waals surface area contributed by atoms with E-state index in [4.69, 9.17) is 0 Å². The molecule has 0 saturated carbocycles. The van der Waals surface area contributed by atoms with Gasteiger partial charge in [0.05, 0.1) is 0 Å². The molecule has 0 spiro atoms. The number of nitrogens with zero attached hydrogens (tertiary/aromatic N) is 3. The van der Waals surface area contributed by atoms with Crippen molar-refractivity contribution >= 4 is 16.0 Å². The standard InChI is InChI=1S/C9H19N5O2S/c1-10-6-4-7-14(3)17(15,16)12-9-5-8-13(2)11-9/h5,8,10H,4,6-7H2,1-3H3,(H,11,12). The molecule has 0 aromatic carbocycles. The van der Waals surface area contributed by atoms with Crippen LogP contribution in [0, 0.1) is 0 Å². The zero-order valence-electron chi connectivity index (χ0n) is 10.3. The first-order valence-corrected chi connectivity index (χ1v) is 6.78. The Morgan fingerprint density at radius 2 is 2.24 bits per heavy atom. The third-order valence-electron chi connectivity index (χ3n) is 2.26. The van der Waals surface area contributed by atoms with E-state index in [9.17, 15) is 8.42 Å². The van der Waals surface area contributed by atoms with Crippen LogP contribution in [-0.2, 0) is 17.3 Å². The lowest BCUT2D eigenvalue weighted by Crippen LogP contribution is -2.34. The zero-order chi connectivity index (χ0) is 12.9. The molecular formula is C9H19N5O2S. The molecule has 0 atom stereocenters. The minimum Gasteiger partial charge on any atom is -0.320 e. The van der Waals surface area contributed by atoms with E-state index in [1.54, 1.807) is 31.0 Å². The van der Waals surface area contributed by atoms with E-state index >= 15 is 0 Å². The lowest BCUT2D eigenvalue weighted by Gasteiger charge is -2.16. The highest BCUT2D eigenvalue weighted by Crippen LogP contribution is 2.07. The Kier molecular flexibility index (Phi) is 4.91. The summed E-state index contributed by atoms with van der Waals surface area (Å²) in [6, 6.07) is 1.61. The quantitative estimate of drug-likeness (QED) is 0.656. The summed E-state index contributed by atoms with van der Waals surface area (Å²) in [5.74, 6) is 0.327. The second-order valence-corrected chi connectivity index (χ2v) is 5.54. The molecule has 17 heavy (non-hydrogen) atoms. The summed E-state index contributed by atoms with van der Waals surface area (Å²) in [6.45, 7) is 1.24. The lowest BCUT2D eigenvalue weighted by molar-refractivity contribution is 0.462. The van der Waals surface area contributed by atoms with Gasteiger partial charge in [0.1, 0.15) is 0 Å². The summed E-state index contributed by atoms with van der Waals surface area (Å²) in [5, 5.41) is 6.93. The number of nitrogens with one attached hydrogen (secondary N) is 2. The van der Waals surface area contributed by atoms with Crippen molar-refractivity contribution in [1.29, 1.82) is 0 Å². The fourth-order valence-electron chi connectivity index (χ4n) is 1.28. The van der Waals surface area contributed by atoms with E-state index in [0.717, 1.165) is 13.0 Å². The Hall–Kier alpha value is -1.12. The van der Waals surface area contributed by atoms with Crippen LogP contribution < -0.4 is 10.0 Å². The molecule has 0 aliphatic heterocycles. The summed E-state index contributed by atoms with van der Waals surface area (Å²) in [4.78, 5) is 0. The molecule has 0 aliphatic rings. The minimum atomic E-state index is -3.50. The van der Waals surface area contributed by atoms with Crippen LogP contribution in [0.15, 0.2) is 12.3 Å². The Morgan fingerprint density at radius 3 is 2.76 bits per heavy atom. The number of aryl methyl sites for hydroxylation is 1. The highest BCUT2D eigenvalue weighted by molar-refractivity contribution is 7.90. The highest BCUT2D eigenvalue weighted by Gasteiger charge is 2.17. The van der Waals surface area contributed by atoms with E-state index in [1.807, 2.05) is 7.05 Å². The summed E-state index contributed by atoms with van der Waals surface area (Å²) in [7, 11) is 1.61. The van der Waals surface area contributed by atoms with E-state index in [0.29, 0.717) is 12.4 Å². The summed E-state index contributed by atoms with van der Waals surface area (Å²) in [5.41, 5.74) is 0. The average Bonchev–Trinajstić information content (AvgIpc) is 2.63. The Bertz CT molecular complexity index is 442. The monoisotopic (exact) mass is 261 g/mol. The summed E-state index contributed by atoms with van der Waals surface area (Å²) >= 11 is 0. The Morgan fingerprint density at radius 1 is 1.53 bits per heavy atom. The molecule has 1 aromatic rings. The van der Waals surface area contributed by atoms with Gasteiger partial charge in [-0.2, -0.15) is 17.8 Å². The first-order chi connectivity index (χ1) is 7.95. The van der Waals surface area contributed by atoms with Gasteiger partial charge in [0.25, 0.3) is 0 Å². The second-order valence-electron chi connectivity index (χ2n) is 3.76. The third kappa shape index (κ3) is 4.33. The minimum absolute atomic E-state index is 0.327. The van der Waals surface area contributed by atoms with Crippen LogP contribution in [0.1, 0.15) is 6.42 Å². The lowest BCUT2D eigenvalue weighted by atomic mass is 10.4. The molecule has 7 nitrogen and oxygen atoms in total. The second kappa shape index (κ2) is 5.99. The average molecular weight is 261 g/mol. The maximum atomic E-state index is 11.8. The van der Waals surface area contributed by atoms with Crippen molar-refractivity contribution in [3.8, 4) is 0 Å². The summed E-state index contributed by atoms with van der Waals surface area (Å²) in [6.07, 6.45) is 2.44. The fraction of sp³-hybridized carbons (Fsp3) is 0.667. The molecule has 8 heteroatoms. The van der Waals surface area contributed by atoms with Crippen LogP contribution in [0.25, 0.3) is 0 Å². The number of hydrogen-bond acceptors (Lipinski definition) is 4. The van der Waals surface area contributed by atoms with Crippen molar-refractivity contribution in [1.82, 2.24) is 19.4 Å². The molecule has 1 aromatic heterocycles. The molecule has 0 bridgehead atoms. The van der Waals surface area contributed by atoms with Crippen molar-refractivity contribution in [2.45, 2.75) is 6.42 Å². The van der Waals surface area contributed by atoms with E-state index in [1.165, 1.54) is 4.31 Å². The van der Waals surface area contributed by atoms with E-state index in [-0.39, 0.29) is 0 Å². The van der Waals surface area contributed by atoms with Crippen molar-refractivity contribution in [3.63, 3.8) is 0 Å². The molecule has 0 unspecified atom stereocenters. The molecule has 0 aliphatic carbocycles. The third-order valence-corrected chi connectivity index (χ3v) is 3.73. The molecular weight excluding hydrogens is 242 g/mol. The molecule has 2 N–H and O–H groups in total. The largest absolute Gasteiger partial charge is 0.320 e. The van der Waals surface area contributed by atoms with E-state index < -0.39 is 10.2 Å². The molecule has 0 saturated heterocycles. The zero-order valence-corrected chi connectivity index (χ0v) is 11.2. The first-order valence-electron chi connectivity index (χ1n) is 5.34. The van der Waals surface area contributed by atoms with Gasteiger partial charge in [0.2, 0.25) is 0 Å². The van der Waals surface area contributed by atoms with Gasteiger partial charge in [-0.1, -0.05) is 0 Å². The van der Waals surface area contributed by atoms with Gasteiger partial charge in [0, 0.05) is 32.9 Å². The fourth-order valence-corrected chi connectivity index (χ4v) is 2.18. The molecule has 1 rings (SSSR count). The van der Waals surface area contributed by atoms with Gasteiger partial charge in [-0.05, 0) is 20.0 Å². The first kappa shape index (κ1) is 13.9. The van der Waals surface area contributed by atoms with Gasteiger partial charge < -0.3 is 5.32 Å². The topological polar surface area (TPSA) is 79.3 Å². The molecule has 0 amide bonds. The van der Waals surface area contributed by atoms with Gasteiger partial charge in [-0.3, -0.25) is 9.40 Å². The van der Waals surface area contributed by atoms with Crippen molar-refractivity contribution < 1.29 is 8.42 Å².